The van der Waals surface area contributed by atoms with Gasteiger partial charge in [-0.2, -0.15) is 0 Å². The maximum absolute atomic E-state index is 10.8. The Morgan fingerprint density at radius 2 is 1.88 bits per heavy atom. The van der Waals surface area contributed by atoms with Crippen LogP contribution >= 0.6 is 0 Å². The molecule has 0 aliphatic rings. The fourth-order valence-electron chi connectivity index (χ4n) is 2.11. The quantitative estimate of drug-likeness (QED) is 0.469. The minimum atomic E-state index is -0.482. The van der Waals surface area contributed by atoms with Gasteiger partial charge in [0.1, 0.15) is 10.5 Å². The van der Waals surface area contributed by atoms with Crippen molar-refractivity contribution in [2.75, 3.05) is 0 Å². The molecule has 2 aromatic carbocycles. The molecule has 0 radical (unpaired) electrons. The molecule has 4 nitrogen and oxygen atoms in total. The van der Waals surface area contributed by atoms with E-state index in [1.807, 2.05) is 36.4 Å². The highest BCUT2D eigenvalue weighted by atomic mass is 16.6. The number of aryl methyl sites for hydroxylation is 1. The van der Waals surface area contributed by atoms with Crippen LogP contribution in [0.4, 0.5) is 5.88 Å². The van der Waals surface area contributed by atoms with Gasteiger partial charge in [-0.15, -0.1) is 0 Å². The molecule has 0 fully saturated rings. The highest BCUT2D eigenvalue weighted by molar-refractivity contribution is 6.06. The van der Waals surface area contributed by atoms with Crippen molar-refractivity contribution >= 4 is 27.6 Å². The molecular formula is C13H9NO3. The third kappa shape index (κ3) is 1.30. The normalized spacial score (nSPS) is 11.1. The molecule has 0 bridgehead atoms. The Morgan fingerprint density at radius 1 is 1.12 bits per heavy atom. The number of nitrogens with zero attached hydrogens (tertiary/aromatic N) is 1. The van der Waals surface area contributed by atoms with Crippen molar-refractivity contribution in [1.82, 2.24) is 0 Å². The van der Waals surface area contributed by atoms with Crippen LogP contribution in [-0.2, 0) is 0 Å². The molecule has 0 atom stereocenters. The van der Waals surface area contributed by atoms with E-state index in [9.17, 15) is 10.1 Å². The summed E-state index contributed by atoms with van der Waals surface area (Å²) < 4.78 is 5.37. The zero-order valence-corrected chi connectivity index (χ0v) is 9.14. The van der Waals surface area contributed by atoms with Gasteiger partial charge in [-0.1, -0.05) is 30.3 Å². The average molecular weight is 227 g/mol. The molecule has 0 spiro atoms. The van der Waals surface area contributed by atoms with E-state index in [1.54, 1.807) is 6.92 Å². The number of rotatable bonds is 1. The fourth-order valence-corrected chi connectivity index (χ4v) is 2.11. The Morgan fingerprint density at radius 3 is 2.65 bits per heavy atom. The van der Waals surface area contributed by atoms with E-state index in [2.05, 4.69) is 0 Å². The number of benzene rings is 2. The number of hydrogen-bond donors (Lipinski definition) is 0. The SMILES string of the molecule is Cc1c([N+](=O)[O-])oc2c1ccc1ccccc12. The lowest BCUT2D eigenvalue weighted by Gasteiger charge is -1.96. The van der Waals surface area contributed by atoms with Crippen molar-refractivity contribution in [3.05, 3.63) is 52.1 Å². The van der Waals surface area contributed by atoms with Crippen LogP contribution in [0.5, 0.6) is 0 Å². The van der Waals surface area contributed by atoms with Gasteiger partial charge in [0, 0.05) is 10.8 Å². The lowest BCUT2D eigenvalue weighted by molar-refractivity contribution is -0.402. The van der Waals surface area contributed by atoms with Gasteiger partial charge >= 0.3 is 5.88 Å². The van der Waals surface area contributed by atoms with Gasteiger partial charge in [-0.05, 0) is 18.4 Å². The van der Waals surface area contributed by atoms with E-state index in [4.69, 9.17) is 4.42 Å². The predicted molar refractivity (Wildman–Crippen MR) is 65.1 cm³/mol. The Labute approximate surface area is 96.6 Å². The first kappa shape index (κ1) is 9.84. The molecule has 0 saturated heterocycles. The summed E-state index contributed by atoms with van der Waals surface area (Å²) in [6, 6.07) is 11.5. The summed E-state index contributed by atoms with van der Waals surface area (Å²) >= 11 is 0. The minimum Gasteiger partial charge on any atom is -0.400 e. The summed E-state index contributed by atoms with van der Waals surface area (Å²) in [7, 11) is 0. The largest absolute Gasteiger partial charge is 0.437 e. The van der Waals surface area contributed by atoms with Gasteiger partial charge in [0.05, 0.1) is 5.56 Å². The molecular weight excluding hydrogens is 218 g/mol. The summed E-state index contributed by atoms with van der Waals surface area (Å²) in [4.78, 5) is 10.4. The van der Waals surface area contributed by atoms with Crippen LogP contribution < -0.4 is 0 Å². The van der Waals surface area contributed by atoms with E-state index >= 15 is 0 Å². The van der Waals surface area contributed by atoms with E-state index in [0.29, 0.717) is 11.1 Å². The second kappa shape index (κ2) is 3.31. The van der Waals surface area contributed by atoms with Crippen LogP contribution in [-0.4, -0.2) is 4.92 Å². The smallest absolute Gasteiger partial charge is 0.400 e. The van der Waals surface area contributed by atoms with E-state index in [-0.39, 0.29) is 5.88 Å². The van der Waals surface area contributed by atoms with Gasteiger partial charge in [0.15, 0.2) is 0 Å². The number of nitro groups is 1. The third-order valence-corrected chi connectivity index (χ3v) is 2.97. The minimum absolute atomic E-state index is 0.170. The predicted octanol–water partition coefficient (Wildman–Crippen LogP) is 3.80. The molecule has 0 aliphatic heterocycles. The monoisotopic (exact) mass is 227 g/mol. The fraction of sp³-hybridized carbons (Fsp3) is 0.0769. The molecule has 1 aromatic heterocycles. The number of furan rings is 1. The summed E-state index contributed by atoms with van der Waals surface area (Å²) in [5, 5.41) is 13.6. The van der Waals surface area contributed by atoms with Gasteiger partial charge in [0.2, 0.25) is 0 Å². The zero-order chi connectivity index (χ0) is 12.0. The van der Waals surface area contributed by atoms with E-state index in [0.717, 1.165) is 16.2 Å². The number of hydrogen-bond acceptors (Lipinski definition) is 3. The highest BCUT2D eigenvalue weighted by Crippen LogP contribution is 2.35. The van der Waals surface area contributed by atoms with Crippen molar-refractivity contribution in [3.63, 3.8) is 0 Å². The van der Waals surface area contributed by atoms with Crippen molar-refractivity contribution < 1.29 is 9.34 Å². The van der Waals surface area contributed by atoms with Gasteiger partial charge in [-0.3, -0.25) is 10.1 Å². The molecule has 3 rings (SSSR count). The van der Waals surface area contributed by atoms with Gasteiger partial charge in [0.25, 0.3) is 0 Å². The molecule has 0 N–H and O–H groups in total. The van der Waals surface area contributed by atoms with Gasteiger partial charge < -0.3 is 4.42 Å². The summed E-state index contributed by atoms with van der Waals surface area (Å²) in [6.07, 6.45) is 0. The number of fused-ring (bicyclic) bond motifs is 3. The average Bonchev–Trinajstić information content (AvgIpc) is 2.67. The lowest BCUT2D eigenvalue weighted by atomic mass is 10.1. The first-order chi connectivity index (χ1) is 8.18. The van der Waals surface area contributed by atoms with Crippen LogP contribution in [0.25, 0.3) is 21.7 Å². The van der Waals surface area contributed by atoms with Crippen LogP contribution in [0.1, 0.15) is 5.56 Å². The van der Waals surface area contributed by atoms with Crippen LogP contribution in [0, 0.1) is 17.0 Å². The van der Waals surface area contributed by atoms with Crippen molar-refractivity contribution in [3.8, 4) is 0 Å². The first-order valence-electron chi connectivity index (χ1n) is 5.24. The van der Waals surface area contributed by atoms with Crippen LogP contribution in [0.15, 0.2) is 40.8 Å². The molecule has 3 aromatic rings. The Kier molecular flexibility index (Phi) is 1.92. The Bertz CT molecular complexity index is 743. The molecule has 0 unspecified atom stereocenters. The molecule has 0 aliphatic carbocycles. The molecule has 0 saturated carbocycles. The first-order valence-corrected chi connectivity index (χ1v) is 5.24. The standard InChI is InChI=1S/C13H9NO3/c1-8-10-7-6-9-4-2-3-5-11(9)12(10)17-13(8)14(15)16/h2-7H,1H3. The van der Waals surface area contributed by atoms with Crippen molar-refractivity contribution in [1.29, 1.82) is 0 Å². The lowest BCUT2D eigenvalue weighted by Crippen LogP contribution is -1.86. The van der Waals surface area contributed by atoms with E-state index in [1.165, 1.54) is 0 Å². The molecule has 0 amide bonds. The molecule has 1 heterocycles. The summed E-state index contributed by atoms with van der Waals surface area (Å²) in [5.41, 5.74) is 1.17. The molecule has 4 heteroatoms. The molecule has 17 heavy (non-hydrogen) atoms. The van der Waals surface area contributed by atoms with Crippen LogP contribution in [0.2, 0.25) is 0 Å². The third-order valence-electron chi connectivity index (χ3n) is 2.97. The summed E-state index contributed by atoms with van der Waals surface area (Å²) in [5.74, 6) is -0.170. The Hall–Kier alpha value is -2.36. The highest BCUT2D eigenvalue weighted by Gasteiger charge is 2.21. The maximum atomic E-state index is 10.8. The topological polar surface area (TPSA) is 56.3 Å². The van der Waals surface area contributed by atoms with Crippen LogP contribution in [0.3, 0.4) is 0 Å². The molecule has 84 valence electrons. The second-order valence-electron chi connectivity index (χ2n) is 3.95. The Balaban J connectivity index is 2.51. The van der Waals surface area contributed by atoms with Crippen molar-refractivity contribution in [2.24, 2.45) is 0 Å². The zero-order valence-electron chi connectivity index (χ0n) is 9.14. The maximum Gasteiger partial charge on any atom is 0.437 e. The summed E-state index contributed by atoms with van der Waals surface area (Å²) in [6.45, 7) is 1.71. The van der Waals surface area contributed by atoms with Crippen molar-refractivity contribution in [2.45, 2.75) is 6.92 Å². The van der Waals surface area contributed by atoms with E-state index < -0.39 is 4.92 Å². The van der Waals surface area contributed by atoms with Gasteiger partial charge in [-0.25, -0.2) is 0 Å². The second-order valence-corrected chi connectivity index (χ2v) is 3.95.